The summed E-state index contributed by atoms with van der Waals surface area (Å²) in [5, 5.41) is 4.52. The molecule has 0 saturated carbocycles. The van der Waals surface area contributed by atoms with Crippen LogP contribution in [0.3, 0.4) is 0 Å². The van der Waals surface area contributed by atoms with E-state index >= 15 is 0 Å². The van der Waals surface area contributed by atoms with Crippen molar-refractivity contribution in [3.05, 3.63) is 237 Å². The molecule has 0 bridgehead atoms. The molecule has 4 aromatic carbocycles. The van der Waals surface area contributed by atoms with Gasteiger partial charge in [-0.15, -0.1) is 5.73 Å². The van der Waals surface area contributed by atoms with Crippen LogP contribution in [0, 0.1) is 24.2 Å². The van der Waals surface area contributed by atoms with Crippen LogP contribution in [0.5, 0.6) is 0 Å². The van der Waals surface area contributed by atoms with Gasteiger partial charge in [-0.3, -0.25) is 0 Å². The number of furan rings is 1. The maximum Gasteiger partial charge on any atom is 0.138 e. The van der Waals surface area contributed by atoms with Gasteiger partial charge in [-0.05, 0) is 128 Å². The van der Waals surface area contributed by atoms with Gasteiger partial charge in [0.25, 0.3) is 0 Å². The average Bonchev–Trinajstić information content (AvgIpc) is 3.64. The smallest absolute Gasteiger partial charge is 0.138 e. The van der Waals surface area contributed by atoms with Gasteiger partial charge in [0.05, 0.1) is 5.41 Å². The first-order chi connectivity index (χ1) is 30.5. The second-order valence-electron chi connectivity index (χ2n) is 16.6. The zero-order chi connectivity index (χ0) is 45.3. The molecular weight excluding hydrogens is 763 g/mol. The van der Waals surface area contributed by atoms with E-state index in [0.29, 0.717) is 0 Å². The van der Waals surface area contributed by atoms with Crippen molar-refractivity contribution < 1.29 is 4.42 Å². The Morgan fingerprint density at radius 3 is 2.10 bits per heavy atom. The molecule has 318 valence electrons. The molecule has 63 heavy (non-hydrogen) atoms. The highest BCUT2D eigenvalue weighted by molar-refractivity contribution is 5.96. The summed E-state index contributed by atoms with van der Waals surface area (Å²) in [5.74, 6) is 7.50. The third kappa shape index (κ3) is 8.68. The molecular formula is C61H63NO. The van der Waals surface area contributed by atoms with Crippen LogP contribution in [0.4, 0.5) is 5.69 Å². The van der Waals surface area contributed by atoms with E-state index in [1.54, 1.807) is 0 Å². The molecule has 0 amide bonds. The third-order valence-electron chi connectivity index (χ3n) is 12.8. The Hall–Kier alpha value is -6.78. The first-order valence-electron chi connectivity index (χ1n) is 22.3. The van der Waals surface area contributed by atoms with Crippen LogP contribution in [-0.4, -0.2) is 7.05 Å². The van der Waals surface area contributed by atoms with Crippen molar-refractivity contribution in [3.8, 4) is 11.8 Å². The maximum absolute atomic E-state index is 6.29. The van der Waals surface area contributed by atoms with Gasteiger partial charge < -0.3 is 9.73 Å². The Bertz CT molecular complexity index is 2830. The summed E-state index contributed by atoms with van der Waals surface area (Å²) in [6, 6.07) is 36.7. The summed E-state index contributed by atoms with van der Waals surface area (Å²) in [6.45, 7) is 24.9. The molecule has 2 heteroatoms. The van der Waals surface area contributed by atoms with E-state index in [1.165, 1.54) is 83.4 Å². The zero-order valence-electron chi connectivity index (χ0n) is 39.3. The Morgan fingerprint density at radius 2 is 1.48 bits per heavy atom. The van der Waals surface area contributed by atoms with Crippen LogP contribution in [0.25, 0.3) is 22.1 Å². The van der Waals surface area contributed by atoms with Crippen molar-refractivity contribution in [3.63, 3.8) is 0 Å². The molecule has 0 spiro atoms. The predicted molar refractivity (Wildman–Crippen MR) is 273 cm³/mol. The van der Waals surface area contributed by atoms with Crippen molar-refractivity contribution >= 4 is 27.8 Å². The molecule has 1 N–H and O–H groups in total. The summed E-state index contributed by atoms with van der Waals surface area (Å²) < 4.78 is 6.29. The molecule has 9 rings (SSSR count). The van der Waals surface area contributed by atoms with Crippen molar-refractivity contribution in [1.82, 2.24) is 0 Å². The van der Waals surface area contributed by atoms with Crippen LogP contribution in [0.2, 0.25) is 0 Å². The second kappa shape index (κ2) is 19.9. The van der Waals surface area contributed by atoms with Gasteiger partial charge in [-0.25, -0.2) is 0 Å². The van der Waals surface area contributed by atoms with Crippen molar-refractivity contribution in [2.75, 3.05) is 12.4 Å². The van der Waals surface area contributed by atoms with E-state index in [-0.39, 0.29) is 10.8 Å². The van der Waals surface area contributed by atoms with Gasteiger partial charge in [0, 0.05) is 46.7 Å². The topological polar surface area (TPSA) is 25.2 Å². The lowest BCUT2D eigenvalue weighted by molar-refractivity contribution is 0.564. The second-order valence-corrected chi connectivity index (χ2v) is 16.6. The van der Waals surface area contributed by atoms with Crippen molar-refractivity contribution in [2.45, 2.75) is 81.1 Å². The van der Waals surface area contributed by atoms with Crippen LogP contribution >= 0.6 is 0 Å². The van der Waals surface area contributed by atoms with Crippen LogP contribution in [0.15, 0.2) is 207 Å². The Morgan fingerprint density at radius 1 is 0.825 bits per heavy atom. The minimum atomic E-state index is -0.343. The van der Waals surface area contributed by atoms with Crippen LogP contribution < -0.4 is 5.32 Å². The Balaban J connectivity index is 0.000000172. The first kappa shape index (κ1) is 45.7. The first-order valence-corrected chi connectivity index (χ1v) is 22.3. The third-order valence-corrected chi connectivity index (χ3v) is 12.8. The fourth-order valence-corrected chi connectivity index (χ4v) is 8.97. The standard InChI is InChI=1S/C27H21N.C23H22O.C9H14.C2H6/c1-28-22-17-18-24-23-15-9-4-10-16-25(23)27(26(24)19-22,20-11-5-2-6-12-20)21-13-7-3-8-14-21;1-14-10-12-18-19(13-11-14)23(4,5)16(3)21(18)22-15(2)17-8-6-7-9-20(17)24-22;1-5-7-9(4)8(3)6-2;1-2/h2-3,5-8,10-14,16-19,28H,15H2,1H3;6-12H,1-5H3;5-7H,1H2,2-4H3;1-2H3/b;;8-6+,9-7+;. The molecule has 1 heterocycles. The monoisotopic (exact) mass is 825 g/mol. The van der Waals surface area contributed by atoms with E-state index in [1.807, 2.05) is 58.2 Å². The lowest BCUT2D eigenvalue weighted by atomic mass is 9.66. The Kier molecular flexibility index (Phi) is 14.5. The highest BCUT2D eigenvalue weighted by Crippen LogP contribution is 2.57. The predicted octanol–water partition coefficient (Wildman–Crippen LogP) is 16.4. The molecule has 1 aromatic heterocycles. The molecule has 0 fully saturated rings. The minimum Gasteiger partial charge on any atom is -0.456 e. The molecule has 4 aliphatic carbocycles. The number of rotatable bonds is 6. The van der Waals surface area contributed by atoms with Gasteiger partial charge in [0.2, 0.25) is 0 Å². The van der Waals surface area contributed by atoms with E-state index in [4.69, 9.17) is 4.42 Å². The number of nitrogens with one attached hydrogen (secondary N) is 1. The van der Waals surface area contributed by atoms with Crippen molar-refractivity contribution in [1.29, 1.82) is 0 Å². The van der Waals surface area contributed by atoms with E-state index < -0.39 is 0 Å². The van der Waals surface area contributed by atoms with Gasteiger partial charge in [-0.1, -0.05) is 173 Å². The summed E-state index contributed by atoms with van der Waals surface area (Å²) >= 11 is 0. The summed E-state index contributed by atoms with van der Waals surface area (Å²) in [6.07, 6.45) is 17.4. The van der Waals surface area contributed by atoms with E-state index in [0.717, 1.165) is 23.5 Å². The molecule has 0 atom stereocenters. The molecule has 5 aromatic rings. The fourth-order valence-electron chi connectivity index (χ4n) is 8.97. The number of para-hydroxylation sites is 1. The number of aryl methyl sites for hydroxylation is 1. The maximum atomic E-state index is 6.29. The summed E-state index contributed by atoms with van der Waals surface area (Å²) in [4.78, 5) is 0. The summed E-state index contributed by atoms with van der Waals surface area (Å²) in [7, 11) is 1.98. The van der Waals surface area contributed by atoms with Crippen LogP contribution in [0.1, 0.15) is 102 Å². The molecule has 0 radical (unpaired) electrons. The van der Waals surface area contributed by atoms with Crippen molar-refractivity contribution in [2.24, 2.45) is 5.41 Å². The highest BCUT2D eigenvalue weighted by Gasteiger charge is 2.47. The SMILES string of the molecule is C=C/C=C(C)/C(C)=C/C.CC.CC1=CC=C2C(=C=C1)C(C)(C)C(C)=C2c1oc2ccccc2c1C.CNc1ccc2c(c1)C(c1ccccc1)(c1ccccc1)C1=C2CC#CC=C1. The average molecular weight is 826 g/mol. The highest BCUT2D eigenvalue weighted by atomic mass is 16.3. The lowest BCUT2D eigenvalue weighted by Crippen LogP contribution is -2.29. The number of allylic oxidation sites excluding steroid dienone is 16. The number of hydrogen-bond donors (Lipinski definition) is 1. The van der Waals surface area contributed by atoms with Gasteiger partial charge in [-0.2, -0.15) is 0 Å². The Labute approximate surface area is 377 Å². The van der Waals surface area contributed by atoms with Gasteiger partial charge in [0.15, 0.2) is 0 Å². The normalized spacial score (nSPS) is 16.4. The lowest BCUT2D eigenvalue weighted by Gasteiger charge is -2.35. The van der Waals surface area contributed by atoms with Gasteiger partial charge >= 0.3 is 0 Å². The molecule has 0 aliphatic heterocycles. The van der Waals surface area contributed by atoms with Crippen LogP contribution in [-0.2, 0) is 5.41 Å². The number of hydrogen-bond acceptors (Lipinski definition) is 2. The van der Waals surface area contributed by atoms with Gasteiger partial charge in [0.1, 0.15) is 11.3 Å². The minimum absolute atomic E-state index is 0.0401. The molecule has 2 nitrogen and oxygen atoms in total. The van der Waals surface area contributed by atoms with E-state index in [2.05, 4.69) is 199 Å². The summed E-state index contributed by atoms with van der Waals surface area (Å²) in [5.41, 5.74) is 23.2. The van der Waals surface area contributed by atoms with E-state index in [9.17, 15) is 0 Å². The number of benzene rings is 4. The fraction of sp³-hybridized carbons (Fsp3) is 0.230. The zero-order valence-corrected chi connectivity index (χ0v) is 39.3. The quantitative estimate of drug-likeness (QED) is 0.105. The number of fused-ring (bicyclic) bond motifs is 4. The number of anilines is 1. The molecule has 4 aliphatic rings. The molecule has 0 saturated heterocycles. The largest absolute Gasteiger partial charge is 0.456 e. The molecule has 0 unspecified atom stereocenters.